The topological polar surface area (TPSA) is 62.3 Å². The lowest BCUT2D eigenvalue weighted by molar-refractivity contribution is 0.0531. The molecule has 1 saturated heterocycles. The summed E-state index contributed by atoms with van der Waals surface area (Å²) < 4.78 is 10.9. The number of ether oxygens (including phenoxy) is 2. The minimum Gasteiger partial charge on any atom is -0.508 e. The molecule has 0 radical (unpaired) electrons. The van der Waals surface area contributed by atoms with E-state index < -0.39 is 0 Å². The van der Waals surface area contributed by atoms with Crippen molar-refractivity contribution >= 4 is 34.1 Å². The van der Waals surface area contributed by atoms with Gasteiger partial charge in [-0.15, -0.1) is 11.3 Å². The maximum atomic E-state index is 12.2. The molecule has 0 saturated carbocycles. The van der Waals surface area contributed by atoms with Crippen molar-refractivity contribution in [2.45, 2.75) is 26.2 Å². The van der Waals surface area contributed by atoms with Crippen LogP contribution in [0.1, 0.15) is 27.7 Å². The second-order valence-corrected chi connectivity index (χ2v) is 6.73. The molecule has 0 spiro atoms. The summed E-state index contributed by atoms with van der Waals surface area (Å²) in [6.07, 6.45) is 4.01. The monoisotopic (exact) mass is 343 g/mol. The summed E-state index contributed by atoms with van der Waals surface area (Å²) in [7, 11) is 0. The maximum Gasteiger partial charge on any atom is 0.348 e. The van der Waals surface area contributed by atoms with Crippen LogP contribution in [0.5, 0.6) is 5.75 Å². The third kappa shape index (κ3) is 2.39. The number of nitrogens with zero attached hydrogens (tertiary/aromatic N) is 1. The molecule has 24 heavy (non-hydrogen) atoms. The number of hydrogen-bond donors (Lipinski definition) is 1. The Bertz CT molecular complexity index is 824. The predicted molar refractivity (Wildman–Crippen MR) is 93.0 cm³/mol. The van der Waals surface area contributed by atoms with Gasteiger partial charge in [0.2, 0.25) is 0 Å². The van der Waals surface area contributed by atoms with Crippen molar-refractivity contribution in [3.8, 4) is 5.75 Å². The van der Waals surface area contributed by atoms with Crippen molar-refractivity contribution in [1.29, 1.82) is 0 Å². The number of aromatic hydroxyl groups is 1. The van der Waals surface area contributed by atoms with E-state index >= 15 is 0 Å². The van der Waals surface area contributed by atoms with E-state index in [9.17, 15) is 9.90 Å². The van der Waals surface area contributed by atoms with E-state index in [-0.39, 0.29) is 24.1 Å². The van der Waals surface area contributed by atoms with Gasteiger partial charge in [0.05, 0.1) is 6.61 Å². The quantitative estimate of drug-likeness (QED) is 0.678. The summed E-state index contributed by atoms with van der Waals surface area (Å²) in [4.78, 5) is 14.9. The Hall–Kier alpha value is -2.31. The normalized spacial score (nSPS) is 21.0. The fourth-order valence-corrected chi connectivity index (χ4v) is 4.16. The first-order chi connectivity index (χ1) is 11.6. The molecule has 0 amide bonds. The first kappa shape index (κ1) is 15.2. The van der Waals surface area contributed by atoms with Gasteiger partial charge in [0.1, 0.15) is 21.7 Å². The fraction of sp³-hybridized carbons (Fsp3) is 0.278. The molecule has 1 aromatic heterocycles. The second-order valence-electron chi connectivity index (χ2n) is 5.73. The number of fused-ring (bicyclic) bond motifs is 2. The molecule has 1 fully saturated rings. The van der Waals surface area contributed by atoms with Crippen LogP contribution in [0.4, 0.5) is 10.7 Å². The van der Waals surface area contributed by atoms with E-state index in [1.165, 1.54) is 11.3 Å². The Balaban J connectivity index is 1.82. The van der Waals surface area contributed by atoms with E-state index in [0.29, 0.717) is 11.5 Å². The van der Waals surface area contributed by atoms with E-state index in [4.69, 9.17) is 9.47 Å². The zero-order valence-electron chi connectivity index (χ0n) is 13.4. The smallest absolute Gasteiger partial charge is 0.348 e. The highest BCUT2D eigenvalue weighted by atomic mass is 32.1. The molecule has 5 nitrogen and oxygen atoms in total. The van der Waals surface area contributed by atoms with Gasteiger partial charge in [-0.25, -0.2) is 4.79 Å². The number of carbonyl (C=O) groups is 1. The Labute approximate surface area is 143 Å². The third-order valence-corrected chi connectivity index (χ3v) is 5.48. The molecule has 1 aromatic carbocycles. The lowest BCUT2D eigenvalue weighted by atomic mass is 10.1. The number of epoxide rings is 1. The van der Waals surface area contributed by atoms with Crippen molar-refractivity contribution in [3.05, 3.63) is 46.3 Å². The summed E-state index contributed by atoms with van der Waals surface area (Å²) in [5.74, 6) is -0.0739. The van der Waals surface area contributed by atoms with Gasteiger partial charge in [0.25, 0.3) is 0 Å². The van der Waals surface area contributed by atoms with Crippen LogP contribution >= 0.6 is 11.3 Å². The highest BCUT2D eigenvalue weighted by Crippen LogP contribution is 2.48. The number of rotatable bonds is 3. The minimum atomic E-state index is -0.291. The standard InChI is InChI=1S/C18H17NO4S/c1-3-22-18(21)15-10(2)13-8-9-14-16(23-14)19(17(13)24-15)11-4-6-12(20)7-5-11/h4-9,14,16,20H,3H2,1-2H3. The van der Waals surface area contributed by atoms with Gasteiger partial charge in [-0.1, -0.05) is 12.2 Å². The first-order valence-corrected chi connectivity index (χ1v) is 8.64. The third-order valence-electron chi connectivity index (χ3n) is 4.19. The summed E-state index contributed by atoms with van der Waals surface area (Å²) >= 11 is 1.42. The molecular formula is C18H17NO4S. The van der Waals surface area contributed by atoms with Gasteiger partial charge < -0.3 is 19.5 Å². The zero-order chi connectivity index (χ0) is 16.8. The van der Waals surface area contributed by atoms with Gasteiger partial charge in [-0.2, -0.15) is 0 Å². The van der Waals surface area contributed by atoms with Crippen molar-refractivity contribution in [1.82, 2.24) is 0 Å². The Kier molecular flexibility index (Phi) is 3.58. The Morgan fingerprint density at radius 2 is 2.12 bits per heavy atom. The Morgan fingerprint density at radius 3 is 2.83 bits per heavy atom. The van der Waals surface area contributed by atoms with Crippen molar-refractivity contribution in [3.63, 3.8) is 0 Å². The molecule has 1 N–H and O–H groups in total. The van der Waals surface area contributed by atoms with Crippen LogP contribution in [0.25, 0.3) is 6.08 Å². The number of esters is 1. The van der Waals surface area contributed by atoms with Crippen molar-refractivity contribution in [2.24, 2.45) is 0 Å². The lowest BCUT2D eigenvalue weighted by Gasteiger charge is -2.22. The molecule has 0 aliphatic carbocycles. The molecule has 2 aliphatic heterocycles. The molecule has 0 bridgehead atoms. The number of thiophene rings is 1. The molecule has 3 heterocycles. The summed E-state index contributed by atoms with van der Waals surface area (Å²) in [6.45, 7) is 4.10. The highest BCUT2D eigenvalue weighted by molar-refractivity contribution is 7.18. The van der Waals surface area contributed by atoms with E-state index in [1.807, 2.05) is 31.2 Å². The number of phenols is 1. The molecule has 2 aromatic rings. The highest BCUT2D eigenvalue weighted by Gasteiger charge is 2.46. The fourth-order valence-electron chi connectivity index (χ4n) is 2.93. The zero-order valence-corrected chi connectivity index (χ0v) is 14.2. The van der Waals surface area contributed by atoms with E-state index in [1.54, 1.807) is 19.1 Å². The van der Waals surface area contributed by atoms with E-state index in [0.717, 1.165) is 21.8 Å². The van der Waals surface area contributed by atoms with E-state index in [2.05, 4.69) is 4.90 Å². The molecule has 6 heteroatoms. The van der Waals surface area contributed by atoms with Gasteiger partial charge in [0.15, 0.2) is 6.23 Å². The molecule has 2 atom stereocenters. The SMILES string of the molecule is CCOC(=O)c1sc2c(c1C)C=CC1OC1N2c1ccc(O)cc1. The molecular weight excluding hydrogens is 326 g/mol. The van der Waals surface area contributed by atoms with Crippen LogP contribution in [0.3, 0.4) is 0 Å². The Morgan fingerprint density at radius 1 is 1.38 bits per heavy atom. The predicted octanol–water partition coefficient (Wildman–Crippen LogP) is 3.83. The van der Waals surface area contributed by atoms with Gasteiger partial charge in [-0.3, -0.25) is 0 Å². The summed E-state index contributed by atoms with van der Waals surface area (Å²) in [5.41, 5.74) is 2.86. The minimum absolute atomic E-state index is 0.0452. The lowest BCUT2D eigenvalue weighted by Crippen LogP contribution is -2.21. The molecule has 124 valence electrons. The number of hydrogen-bond acceptors (Lipinski definition) is 6. The van der Waals surface area contributed by atoms with Crippen LogP contribution in [0, 0.1) is 6.92 Å². The van der Waals surface area contributed by atoms with Crippen LogP contribution < -0.4 is 4.90 Å². The molecule has 2 unspecified atom stereocenters. The van der Waals surface area contributed by atoms with Gasteiger partial charge in [-0.05, 0) is 43.7 Å². The van der Waals surface area contributed by atoms with Gasteiger partial charge in [0, 0.05) is 11.3 Å². The average molecular weight is 343 g/mol. The van der Waals surface area contributed by atoms with Gasteiger partial charge >= 0.3 is 5.97 Å². The van der Waals surface area contributed by atoms with Crippen LogP contribution in [-0.4, -0.2) is 30.0 Å². The van der Waals surface area contributed by atoms with Crippen molar-refractivity contribution in [2.75, 3.05) is 11.5 Å². The largest absolute Gasteiger partial charge is 0.508 e. The summed E-state index contributed by atoms with van der Waals surface area (Å²) in [5, 5.41) is 10.5. The molecule has 4 rings (SSSR count). The molecule has 2 aliphatic rings. The maximum absolute atomic E-state index is 12.2. The average Bonchev–Trinajstić information content (AvgIpc) is 3.27. The van der Waals surface area contributed by atoms with Crippen LogP contribution in [0.15, 0.2) is 30.3 Å². The first-order valence-electron chi connectivity index (χ1n) is 7.82. The number of anilines is 2. The number of carbonyl (C=O) groups excluding carboxylic acids is 1. The van der Waals surface area contributed by atoms with Crippen molar-refractivity contribution < 1.29 is 19.4 Å². The number of benzene rings is 1. The van der Waals surface area contributed by atoms with Crippen LogP contribution in [-0.2, 0) is 9.47 Å². The number of phenolic OH excluding ortho intramolecular Hbond substituents is 1. The van der Waals surface area contributed by atoms with Crippen LogP contribution in [0.2, 0.25) is 0 Å². The second kappa shape index (κ2) is 5.65. The summed E-state index contributed by atoms with van der Waals surface area (Å²) in [6, 6.07) is 7.00.